The fourth-order valence-corrected chi connectivity index (χ4v) is 3.61. The summed E-state index contributed by atoms with van der Waals surface area (Å²) in [5.74, 6) is -0.697. The zero-order chi connectivity index (χ0) is 26.5. The summed E-state index contributed by atoms with van der Waals surface area (Å²) in [6, 6.07) is 11.4. The lowest BCUT2D eigenvalue weighted by atomic mass is 10.2. The van der Waals surface area contributed by atoms with Crippen molar-refractivity contribution in [2.75, 3.05) is 50.2 Å². The molecule has 10 nitrogen and oxygen atoms in total. The third kappa shape index (κ3) is 7.46. The molecule has 0 spiro atoms. The Labute approximate surface area is 212 Å². The van der Waals surface area contributed by atoms with Gasteiger partial charge in [0.1, 0.15) is 11.5 Å². The average Bonchev–Trinajstić information content (AvgIpc) is 2.90. The van der Waals surface area contributed by atoms with Crippen LogP contribution in [0.2, 0.25) is 0 Å². The normalized spacial score (nSPS) is 10.9. The third-order valence-electron chi connectivity index (χ3n) is 5.64. The Morgan fingerprint density at radius 3 is 1.39 bits per heavy atom. The highest BCUT2D eigenvalue weighted by Crippen LogP contribution is 2.25. The molecule has 2 aromatic rings. The largest absolute Gasteiger partial charge is 0.496 e. The van der Waals surface area contributed by atoms with Gasteiger partial charge in [0, 0.05) is 60.8 Å². The summed E-state index contributed by atoms with van der Waals surface area (Å²) in [6.07, 6.45) is 2.84. The summed E-state index contributed by atoms with van der Waals surface area (Å²) in [7, 11) is 3.13. The lowest BCUT2D eigenvalue weighted by Gasteiger charge is -2.22. The number of benzene rings is 2. The highest BCUT2D eigenvalue weighted by atomic mass is 16.5. The lowest BCUT2D eigenvalue weighted by molar-refractivity contribution is -0.139. The number of hydrazone groups is 2. The Morgan fingerprint density at radius 2 is 1.08 bits per heavy atom. The van der Waals surface area contributed by atoms with E-state index < -0.39 is 11.8 Å². The number of methoxy groups -OCH3 is 2. The van der Waals surface area contributed by atoms with Crippen molar-refractivity contribution in [2.45, 2.75) is 27.7 Å². The molecule has 0 aliphatic rings. The SMILES string of the molecule is CCN(CC)c1ccc(C=NNC(=O)C(=O)N/N=C/c2ccc(N(CC)CC)cc2OC)c(OC)c1. The highest BCUT2D eigenvalue weighted by molar-refractivity contribution is 6.35. The molecule has 0 aliphatic heterocycles. The van der Waals surface area contributed by atoms with Crippen LogP contribution in [-0.2, 0) is 9.59 Å². The molecule has 0 aliphatic carbocycles. The Morgan fingerprint density at radius 1 is 0.722 bits per heavy atom. The molecule has 194 valence electrons. The van der Waals surface area contributed by atoms with Gasteiger partial charge in [0.25, 0.3) is 0 Å². The standard InChI is InChI=1S/C26H36N6O4/c1-7-31(8-2)21-13-11-19(23(15-21)35-5)17-27-29-25(33)26(34)30-28-18-20-12-14-22(16-24(20)36-6)32(9-3)10-4/h11-18H,7-10H2,1-6H3,(H,29,33)(H,30,34)/b27-17+,28-18?. The van der Waals surface area contributed by atoms with E-state index in [0.29, 0.717) is 22.6 Å². The lowest BCUT2D eigenvalue weighted by Crippen LogP contribution is -2.35. The second-order valence-electron chi connectivity index (χ2n) is 7.60. The van der Waals surface area contributed by atoms with E-state index in [0.717, 1.165) is 37.6 Å². The number of amides is 2. The van der Waals surface area contributed by atoms with E-state index in [1.807, 2.05) is 36.4 Å². The minimum Gasteiger partial charge on any atom is -0.496 e. The van der Waals surface area contributed by atoms with Crippen molar-refractivity contribution in [2.24, 2.45) is 10.2 Å². The zero-order valence-electron chi connectivity index (χ0n) is 21.9. The number of anilines is 2. The molecule has 2 rings (SSSR count). The molecule has 0 heterocycles. The van der Waals surface area contributed by atoms with Gasteiger partial charge in [-0.15, -0.1) is 0 Å². The van der Waals surface area contributed by atoms with E-state index in [1.54, 1.807) is 14.2 Å². The summed E-state index contributed by atoms with van der Waals surface area (Å²) >= 11 is 0. The van der Waals surface area contributed by atoms with Crippen molar-refractivity contribution in [3.05, 3.63) is 47.5 Å². The molecule has 2 amide bonds. The number of carbonyl (C=O) groups excluding carboxylic acids is 2. The molecule has 2 aromatic carbocycles. The zero-order valence-corrected chi connectivity index (χ0v) is 21.9. The molecule has 10 heteroatoms. The van der Waals surface area contributed by atoms with Gasteiger partial charge >= 0.3 is 11.8 Å². The van der Waals surface area contributed by atoms with Crippen LogP contribution in [0.4, 0.5) is 11.4 Å². The minimum absolute atomic E-state index is 0.604. The van der Waals surface area contributed by atoms with Gasteiger partial charge in [-0.1, -0.05) is 0 Å². The first-order valence-corrected chi connectivity index (χ1v) is 11.9. The molecule has 0 saturated carbocycles. The highest BCUT2D eigenvalue weighted by Gasteiger charge is 2.12. The number of nitrogens with zero attached hydrogens (tertiary/aromatic N) is 4. The molecular formula is C26H36N6O4. The number of ether oxygens (including phenoxy) is 2. The second-order valence-corrected chi connectivity index (χ2v) is 7.60. The molecule has 2 N–H and O–H groups in total. The number of nitrogens with one attached hydrogen (secondary N) is 2. The first-order valence-electron chi connectivity index (χ1n) is 11.9. The van der Waals surface area contributed by atoms with E-state index in [9.17, 15) is 9.59 Å². The fraction of sp³-hybridized carbons (Fsp3) is 0.385. The van der Waals surface area contributed by atoms with Gasteiger partial charge in [-0.3, -0.25) is 9.59 Å². The van der Waals surface area contributed by atoms with E-state index >= 15 is 0 Å². The van der Waals surface area contributed by atoms with Crippen LogP contribution in [0, 0.1) is 0 Å². The maximum absolute atomic E-state index is 12.1. The molecule has 0 fully saturated rings. The van der Waals surface area contributed by atoms with Gasteiger partial charge < -0.3 is 19.3 Å². The first kappa shape index (κ1) is 28.2. The Hall–Kier alpha value is -4.08. The number of hydrogen-bond acceptors (Lipinski definition) is 8. The van der Waals surface area contributed by atoms with Crippen molar-refractivity contribution in [3.8, 4) is 11.5 Å². The topological polar surface area (TPSA) is 108 Å². The van der Waals surface area contributed by atoms with Gasteiger partial charge in [-0.25, -0.2) is 10.9 Å². The van der Waals surface area contributed by atoms with Crippen LogP contribution in [0.3, 0.4) is 0 Å². The number of carbonyl (C=O) groups is 2. The van der Waals surface area contributed by atoms with Crippen molar-refractivity contribution < 1.29 is 19.1 Å². The van der Waals surface area contributed by atoms with Crippen molar-refractivity contribution in [1.82, 2.24) is 10.9 Å². The van der Waals surface area contributed by atoms with E-state index in [1.165, 1.54) is 12.4 Å². The summed E-state index contributed by atoms with van der Waals surface area (Å²) in [5.41, 5.74) is 7.75. The first-order chi connectivity index (χ1) is 17.4. The van der Waals surface area contributed by atoms with Gasteiger partial charge in [-0.2, -0.15) is 10.2 Å². The second kappa shape index (κ2) is 14.3. The summed E-state index contributed by atoms with van der Waals surface area (Å²) < 4.78 is 10.9. The predicted octanol–water partition coefficient (Wildman–Crippen LogP) is 3.00. The Balaban J connectivity index is 1.98. The minimum atomic E-state index is -0.953. The molecule has 0 aromatic heterocycles. The van der Waals surface area contributed by atoms with Crippen LogP contribution in [0.25, 0.3) is 0 Å². The smallest absolute Gasteiger partial charge is 0.331 e. The molecule has 0 radical (unpaired) electrons. The summed E-state index contributed by atoms with van der Waals surface area (Å²) in [5, 5.41) is 7.73. The number of hydrogen-bond donors (Lipinski definition) is 2. The van der Waals surface area contributed by atoms with Crippen LogP contribution < -0.4 is 30.1 Å². The van der Waals surface area contributed by atoms with Gasteiger partial charge in [0.15, 0.2) is 0 Å². The molecular weight excluding hydrogens is 460 g/mol. The van der Waals surface area contributed by atoms with Gasteiger partial charge in [-0.05, 0) is 52.0 Å². The van der Waals surface area contributed by atoms with Crippen molar-refractivity contribution >= 4 is 35.6 Å². The average molecular weight is 497 g/mol. The molecule has 36 heavy (non-hydrogen) atoms. The Kier molecular flexibility index (Phi) is 11.2. The van der Waals surface area contributed by atoms with E-state index in [4.69, 9.17) is 9.47 Å². The van der Waals surface area contributed by atoms with E-state index in [2.05, 4.69) is 58.5 Å². The van der Waals surface area contributed by atoms with Crippen LogP contribution >= 0.6 is 0 Å². The third-order valence-corrected chi connectivity index (χ3v) is 5.64. The molecule has 0 bridgehead atoms. The molecule has 0 atom stereocenters. The fourth-order valence-electron chi connectivity index (χ4n) is 3.61. The van der Waals surface area contributed by atoms with Crippen molar-refractivity contribution in [1.29, 1.82) is 0 Å². The number of rotatable bonds is 12. The maximum atomic E-state index is 12.1. The molecule has 0 unspecified atom stereocenters. The monoisotopic (exact) mass is 496 g/mol. The predicted molar refractivity (Wildman–Crippen MR) is 145 cm³/mol. The summed E-state index contributed by atoms with van der Waals surface area (Å²) in [6.45, 7) is 11.8. The Bertz CT molecular complexity index is 993. The van der Waals surface area contributed by atoms with Crippen LogP contribution in [-0.4, -0.2) is 64.6 Å². The van der Waals surface area contributed by atoms with E-state index in [-0.39, 0.29) is 0 Å². The van der Waals surface area contributed by atoms with Gasteiger partial charge in [0.05, 0.1) is 26.6 Å². The van der Waals surface area contributed by atoms with Gasteiger partial charge in [0.2, 0.25) is 0 Å². The quantitative estimate of drug-likeness (QED) is 0.266. The van der Waals surface area contributed by atoms with Crippen LogP contribution in [0.15, 0.2) is 46.6 Å². The van der Waals surface area contributed by atoms with Crippen LogP contribution in [0.1, 0.15) is 38.8 Å². The van der Waals surface area contributed by atoms with Crippen molar-refractivity contribution in [3.63, 3.8) is 0 Å². The molecule has 0 saturated heterocycles. The maximum Gasteiger partial charge on any atom is 0.331 e. The summed E-state index contributed by atoms with van der Waals surface area (Å²) in [4.78, 5) is 28.5. The van der Waals surface area contributed by atoms with Crippen LogP contribution in [0.5, 0.6) is 11.5 Å².